The van der Waals surface area contributed by atoms with Crippen molar-refractivity contribution in [2.45, 2.75) is 26.7 Å². The summed E-state index contributed by atoms with van der Waals surface area (Å²) in [5.41, 5.74) is 2.62. The Balaban J connectivity index is 2.43. The summed E-state index contributed by atoms with van der Waals surface area (Å²) < 4.78 is 0. The Kier molecular flexibility index (Phi) is 3.39. The second-order valence-electron chi connectivity index (χ2n) is 4.72. The minimum absolute atomic E-state index is 0.634. The van der Waals surface area contributed by atoms with Gasteiger partial charge in [-0.25, -0.2) is 0 Å². The van der Waals surface area contributed by atoms with E-state index in [4.69, 9.17) is 5.26 Å². The zero-order chi connectivity index (χ0) is 12.3. The van der Waals surface area contributed by atoms with Crippen LogP contribution in [0.1, 0.15) is 31.5 Å². The van der Waals surface area contributed by atoms with Crippen molar-refractivity contribution in [1.29, 1.82) is 5.26 Å². The molecule has 0 unspecified atom stereocenters. The van der Waals surface area contributed by atoms with Crippen LogP contribution in [0, 0.1) is 17.2 Å². The van der Waals surface area contributed by atoms with E-state index in [0.717, 1.165) is 29.4 Å². The first-order valence-corrected chi connectivity index (χ1v) is 5.99. The minimum Gasteiger partial charge on any atom is -0.251 e. The van der Waals surface area contributed by atoms with Crippen molar-refractivity contribution in [3.8, 4) is 6.07 Å². The Morgan fingerprint density at radius 1 is 1.29 bits per heavy atom. The van der Waals surface area contributed by atoms with Crippen molar-refractivity contribution in [2.24, 2.45) is 5.92 Å². The molecule has 1 aromatic heterocycles. The molecule has 0 aliphatic carbocycles. The van der Waals surface area contributed by atoms with Gasteiger partial charge in [-0.3, -0.25) is 4.98 Å². The van der Waals surface area contributed by atoms with Gasteiger partial charge < -0.3 is 0 Å². The van der Waals surface area contributed by atoms with Crippen molar-refractivity contribution >= 4 is 10.9 Å². The van der Waals surface area contributed by atoms with Crippen molar-refractivity contribution in [2.75, 3.05) is 0 Å². The number of nitrogens with zero attached hydrogens (tertiary/aromatic N) is 2. The number of benzene rings is 1. The molecule has 1 aromatic carbocycles. The minimum atomic E-state index is 0.634. The summed E-state index contributed by atoms with van der Waals surface area (Å²) in [7, 11) is 0. The molecule has 0 bridgehead atoms. The van der Waals surface area contributed by atoms with Gasteiger partial charge >= 0.3 is 0 Å². The lowest BCUT2D eigenvalue weighted by Gasteiger charge is -2.07. The van der Waals surface area contributed by atoms with Gasteiger partial charge in [-0.05, 0) is 30.9 Å². The van der Waals surface area contributed by atoms with Gasteiger partial charge in [0.05, 0.1) is 16.8 Å². The van der Waals surface area contributed by atoms with Crippen molar-refractivity contribution < 1.29 is 0 Å². The summed E-state index contributed by atoms with van der Waals surface area (Å²) in [5.74, 6) is 0.634. The summed E-state index contributed by atoms with van der Waals surface area (Å²) in [6, 6.07) is 12.1. The molecule has 0 atom stereocenters. The van der Waals surface area contributed by atoms with Crippen LogP contribution in [0.5, 0.6) is 0 Å². The first kappa shape index (κ1) is 11.6. The van der Waals surface area contributed by atoms with Gasteiger partial charge in [0.25, 0.3) is 0 Å². The monoisotopic (exact) mass is 224 g/mol. The summed E-state index contributed by atoms with van der Waals surface area (Å²) in [6.45, 7) is 4.38. The predicted molar refractivity (Wildman–Crippen MR) is 69.6 cm³/mol. The van der Waals surface area contributed by atoms with E-state index in [-0.39, 0.29) is 0 Å². The zero-order valence-corrected chi connectivity index (χ0v) is 10.3. The van der Waals surface area contributed by atoms with Crippen LogP contribution in [0.15, 0.2) is 30.3 Å². The molecule has 2 aromatic rings. The Labute approximate surface area is 102 Å². The molecule has 0 spiro atoms. The summed E-state index contributed by atoms with van der Waals surface area (Å²) >= 11 is 0. The Bertz CT molecular complexity index is 565. The fourth-order valence-corrected chi connectivity index (χ4v) is 1.87. The molecule has 0 amide bonds. The molecule has 17 heavy (non-hydrogen) atoms. The predicted octanol–water partition coefficient (Wildman–Crippen LogP) is 3.70. The van der Waals surface area contributed by atoms with Crippen LogP contribution >= 0.6 is 0 Å². The third kappa shape index (κ3) is 2.62. The molecule has 0 saturated heterocycles. The number of para-hydroxylation sites is 1. The van der Waals surface area contributed by atoms with E-state index in [9.17, 15) is 0 Å². The number of nitriles is 1. The molecular formula is C15H16N2. The number of hydrogen-bond donors (Lipinski definition) is 0. The molecule has 0 radical (unpaired) electrons. The van der Waals surface area contributed by atoms with Crippen LogP contribution in [0.3, 0.4) is 0 Å². The van der Waals surface area contributed by atoms with Gasteiger partial charge in [0, 0.05) is 5.39 Å². The van der Waals surface area contributed by atoms with Gasteiger partial charge in [0.1, 0.15) is 6.07 Å². The summed E-state index contributed by atoms with van der Waals surface area (Å²) in [6.07, 6.45) is 1.95. The van der Waals surface area contributed by atoms with Crippen molar-refractivity contribution in [3.05, 3.63) is 41.6 Å². The zero-order valence-electron chi connectivity index (χ0n) is 10.3. The van der Waals surface area contributed by atoms with Crippen LogP contribution in [-0.2, 0) is 6.42 Å². The quantitative estimate of drug-likeness (QED) is 0.797. The van der Waals surface area contributed by atoms with E-state index >= 15 is 0 Å². The van der Waals surface area contributed by atoms with Crippen LogP contribution < -0.4 is 0 Å². The summed E-state index contributed by atoms with van der Waals surface area (Å²) in [4.78, 5) is 4.60. The van der Waals surface area contributed by atoms with E-state index in [1.54, 1.807) is 0 Å². The van der Waals surface area contributed by atoms with Crippen molar-refractivity contribution in [1.82, 2.24) is 4.98 Å². The molecule has 0 aliphatic rings. The average molecular weight is 224 g/mol. The summed E-state index contributed by atoms with van der Waals surface area (Å²) in [5, 5.41) is 10.2. The highest BCUT2D eigenvalue weighted by Gasteiger charge is 2.07. The number of aromatic nitrogens is 1. The maximum atomic E-state index is 9.15. The molecule has 1 heterocycles. The molecular weight excluding hydrogens is 208 g/mol. The molecule has 86 valence electrons. The lowest BCUT2D eigenvalue weighted by atomic mass is 10.0. The number of aryl methyl sites for hydroxylation is 1. The van der Waals surface area contributed by atoms with Crippen LogP contribution in [0.4, 0.5) is 0 Å². The largest absolute Gasteiger partial charge is 0.251 e. The van der Waals surface area contributed by atoms with Crippen molar-refractivity contribution in [3.63, 3.8) is 0 Å². The van der Waals surface area contributed by atoms with Gasteiger partial charge in [0.2, 0.25) is 0 Å². The van der Waals surface area contributed by atoms with Crippen LogP contribution in [-0.4, -0.2) is 4.98 Å². The lowest BCUT2D eigenvalue weighted by molar-refractivity contribution is 0.581. The Hall–Kier alpha value is -1.88. The Morgan fingerprint density at radius 2 is 2.06 bits per heavy atom. The van der Waals surface area contributed by atoms with Crippen LogP contribution in [0.25, 0.3) is 10.9 Å². The highest BCUT2D eigenvalue weighted by Crippen LogP contribution is 2.18. The van der Waals surface area contributed by atoms with Gasteiger partial charge in [-0.1, -0.05) is 32.0 Å². The van der Waals surface area contributed by atoms with Gasteiger partial charge in [-0.2, -0.15) is 5.26 Å². The fourth-order valence-electron chi connectivity index (χ4n) is 1.87. The second kappa shape index (κ2) is 4.97. The van der Waals surface area contributed by atoms with Gasteiger partial charge in [-0.15, -0.1) is 0 Å². The first-order valence-electron chi connectivity index (χ1n) is 5.99. The fraction of sp³-hybridized carbons (Fsp3) is 0.333. The molecule has 0 saturated carbocycles. The van der Waals surface area contributed by atoms with Gasteiger partial charge in [0.15, 0.2) is 0 Å². The highest BCUT2D eigenvalue weighted by atomic mass is 14.7. The average Bonchev–Trinajstić information content (AvgIpc) is 2.35. The Morgan fingerprint density at radius 3 is 2.76 bits per heavy atom. The third-order valence-electron chi connectivity index (χ3n) is 2.88. The van der Waals surface area contributed by atoms with E-state index in [0.29, 0.717) is 11.5 Å². The molecule has 0 N–H and O–H groups in total. The van der Waals surface area contributed by atoms with E-state index in [2.05, 4.69) is 24.9 Å². The number of fused-ring (bicyclic) bond motifs is 1. The topological polar surface area (TPSA) is 36.7 Å². The molecule has 2 heteroatoms. The normalized spacial score (nSPS) is 10.7. The molecule has 0 aliphatic heterocycles. The molecule has 2 nitrogen and oxygen atoms in total. The first-order chi connectivity index (χ1) is 8.20. The highest BCUT2D eigenvalue weighted by molar-refractivity contribution is 5.80. The third-order valence-corrected chi connectivity index (χ3v) is 2.88. The van der Waals surface area contributed by atoms with E-state index in [1.165, 1.54) is 0 Å². The van der Waals surface area contributed by atoms with Crippen LogP contribution in [0.2, 0.25) is 0 Å². The lowest BCUT2D eigenvalue weighted by Crippen LogP contribution is -1.99. The standard InChI is InChI=1S/C15H16N2/c1-11(2)7-8-15-13(10-16)9-12-5-3-4-6-14(12)17-15/h3-6,9,11H,7-8H2,1-2H3. The molecule has 2 rings (SSSR count). The smallest absolute Gasteiger partial charge is 0.101 e. The number of pyridine rings is 1. The van der Waals surface area contributed by atoms with E-state index in [1.807, 2.05) is 30.3 Å². The maximum absolute atomic E-state index is 9.15. The second-order valence-corrected chi connectivity index (χ2v) is 4.72. The number of rotatable bonds is 3. The van der Waals surface area contributed by atoms with E-state index < -0.39 is 0 Å². The SMILES string of the molecule is CC(C)CCc1nc2ccccc2cc1C#N. The maximum Gasteiger partial charge on any atom is 0.101 e. The number of hydrogen-bond acceptors (Lipinski definition) is 2. The molecule has 0 fully saturated rings.